The van der Waals surface area contributed by atoms with Gasteiger partial charge in [0.25, 0.3) is 0 Å². The van der Waals surface area contributed by atoms with Crippen LogP contribution in [0.4, 0.5) is 0 Å². The van der Waals surface area contributed by atoms with Crippen LogP contribution in [0.15, 0.2) is 0 Å². The van der Waals surface area contributed by atoms with E-state index in [0.29, 0.717) is 5.92 Å². The van der Waals surface area contributed by atoms with Crippen molar-refractivity contribution in [2.24, 2.45) is 17.3 Å². The fourth-order valence-electron chi connectivity index (χ4n) is 3.15. The Morgan fingerprint density at radius 2 is 1.36 bits per heavy atom. The molecule has 0 aromatic rings. The molecule has 0 amide bonds. The Labute approximate surface area is 199 Å². The van der Waals surface area contributed by atoms with Crippen molar-refractivity contribution in [3.63, 3.8) is 0 Å². The lowest BCUT2D eigenvalue weighted by Gasteiger charge is -2.31. The predicted octanol–water partition coefficient (Wildman–Crippen LogP) is 5.31. The van der Waals surface area contributed by atoms with Crippen LogP contribution in [-0.4, -0.2) is 55.1 Å². The van der Waals surface area contributed by atoms with E-state index in [2.05, 4.69) is 0 Å². The number of aliphatic carboxylic acids is 1. The number of carboxylic acids is 1. The van der Waals surface area contributed by atoms with E-state index >= 15 is 0 Å². The van der Waals surface area contributed by atoms with Gasteiger partial charge in [-0.15, -0.1) is 0 Å². The number of esters is 2. The van der Waals surface area contributed by atoms with Gasteiger partial charge in [-0.05, 0) is 51.9 Å². The van der Waals surface area contributed by atoms with Crippen molar-refractivity contribution in [1.82, 2.24) is 0 Å². The molecule has 0 bridgehead atoms. The second-order valence-electron chi connectivity index (χ2n) is 8.86. The van der Waals surface area contributed by atoms with Gasteiger partial charge in [0.15, 0.2) is 5.66 Å². The second-order valence-corrected chi connectivity index (χ2v) is 11.1. The van der Waals surface area contributed by atoms with E-state index in [1.165, 1.54) is 0 Å². The third-order valence-corrected chi connectivity index (χ3v) is 6.87. The van der Waals surface area contributed by atoms with Crippen LogP contribution in [0.25, 0.3) is 0 Å². The average molecular weight is 497 g/mol. The molecule has 9 nitrogen and oxygen atoms in total. The van der Waals surface area contributed by atoms with Crippen LogP contribution in [0.3, 0.4) is 0 Å². The number of hydrogen-bond donors (Lipinski definition) is 1. The summed E-state index contributed by atoms with van der Waals surface area (Å²) in [6, 6.07) is 0. The maximum atomic E-state index is 13.1. The zero-order chi connectivity index (χ0) is 26.2. The number of rotatable bonds is 15. The number of carbonyl (C=O) groups excluding carboxylic acids is 2. The van der Waals surface area contributed by atoms with Gasteiger partial charge in [-0.2, -0.15) is 0 Å². The lowest BCUT2D eigenvalue weighted by atomic mass is 9.84. The molecule has 10 heteroatoms. The first-order valence-corrected chi connectivity index (χ1v) is 13.2. The van der Waals surface area contributed by atoms with Crippen LogP contribution >= 0.6 is 7.60 Å². The molecule has 0 aliphatic rings. The summed E-state index contributed by atoms with van der Waals surface area (Å²) in [5.41, 5.74) is -1.71. The summed E-state index contributed by atoms with van der Waals surface area (Å²) >= 11 is 0. The number of carbonyl (C=O) groups is 3. The first kappa shape index (κ1) is 33.7. The molecule has 0 radical (unpaired) electrons. The van der Waals surface area contributed by atoms with Crippen molar-refractivity contribution in [1.29, 1.82) is 0 Å². The first-order valence-electron chi connectivity index (χ1n) is 11.6. The average Bonchev–Trinajstić information content (AvgIpc) is 2.66. The largest absolute Gasteiger partial charge is 0.481 e. The van der Waals surface area contributed by atoms with E-state index in [1.807, 2.05) is 13.8 Å². The van der Waals surface area contributed by atoms with Crippen molar-refractivity contribution < 1.29 is 42.6 Å². The molecule has 0 aliphatic heterocycles. The van der Waals surface area contributed by atoms with Gasteiger partial charge in [0.2, 0.25) is 0 Å². The van der Waals surface area contributed by atoms with E-state index in [9.17, 15) is 18.9 Å². The molecule has 196 valence electrons. The Morgan fingerprint density at radius 1 is 0.879 bits per heavy atom. The molecule has 2 unspecified atom stereocenters. The Bertz CT molecular complexity index is 621. The van der Waals surface area contributed by atoms with Crippen LogP contribution in [0.1, 0.15) is 81.6 Å². The number of ether oxygens (including phenoxy) is 2. The van der Waals surface area contributed by atoms with Crippen molar-refractivity contribution >= 4 is 25.5 Å². The Hall–Kier alpha value is -1.44. The van der Waals surface area contributed by atoms with E-state index in [1.54, 1.807) is 48.5 Å². The molecule has 0 aromatic carbocycles. The molecule has 33 heavy (non-hydrogen) atoms. The lowest BCUT2D eigenvalue weighted by molar-refractivity contribution is -0.148. The summed E-state index contributed by atoms with van der Waals surface area (Å²) in [4.78, 5) is 34.4. The summed E-state index contributed by atoms with van der Waals surface area (Å²) in [6.07, 6.45) is 0.992. The van der Waals surface area contributed by atoms with E-state index in [4.69, 9.17) is 23.6 Å². The number of carboxylic acid groups (broad SMARTS) is 1. The van der Waals surface area contributed by atoms with Crippen molar-refractivity contribution in [3.05, 3.63) is 0 Å². The van der Waals surface area contributed by atoms with Gasteiger partial charge in [0.1, 0.15) is 0 Å². The van der Waals surface area contributed by atoms with E-state index < -0.39 is 30.6 Å². The van der Waals surface area contributed by atoms with Crippen LogP contribution in [0.2, 0.25) is 0 Å². The molecule has 0 aromatic heterocycles. The Balaban J connectivity index is 0. The summed E-state index contributed by atoms with van der Waals surface area (Å²) in [6.45, 7) is 16.9. The zero-order valence-corrected chi connectivity index (χ0v) is 22.7. The zero-order valence-electron chi connectivity index (χ0n) is 21.8. The highest BCUT2D eigenvalue weighted by atomic mass is 31.2. The highest BCUT2D eigenvalue weighted by Gasteiger charge is 2.45. The molecule has 0 rings (SSSR count). The van der Waals surface area contributed by atoms with E-state index in [-0.39, 0.29) is 51.2 Å². The van der Waals surface area contributed by atoms with Gasteiger partial charge in [0.05, 0.1) is 38.8 Å². The maximum absolute atomic E-state index is 13.1. The fourth-order valence-corrected chi connectivity index (χ4v) is 5.35. The van der Waals surface area contributed by atoms with Gasteiger partial charge >= 0.3 is 25.5 Å². The van der Waals surface area contributed by atoms with E-state index in [0.717, 1.165) is 6.42 Å². The Kier molecular flexibility index (Phi) is 17.4. The van der Waals surface area contributed by atoms with Crippen molar-refractivity contribution in [2.75, 3.05) is 26.4 Å². The fraction of sp³-hybridized carbons (Fsp3) is 0.870. The van der Waals surface area contributed by atoms with Gasteiger partial charge in [-0.25, -0.2) is 0 Å². The maximum Gasteiger partial charge on any atom is 0.344 e. The van der Waals surface area contributed by atoms with Crippen LogP contribution in [-0.2, 0) is 37.5 Å². The third kappa shape index (κ3) is 15.2. The Morgan fingerprint density at radius 3 is 1.70 bits per heavy atom. The van der Waals surface area contributed by atoms with Crippen molar-refractivity contribution in [2.45, 2.75) is 87.2 Å². The minimum absolute atomic E-state index is 0.0923. The molecule has 0 aliphatic carbocycles. The molecular weight excluding hydrogens is 451 g/mol. The van der Waals surface area contributed by atoms with Gasteiger partial charge in [-0.3, -0.25) is 18.9 Å². The third-order valence-electron chi connectivity index (χ3n) is 4.48. The minimum atomic E-state index is -3.70. The molecule has 0 fully saturated rings. The summed E-state index contributed by atoms with van der Waals surface area (Å²) in [5, 5.41) is 8.43. The highest BCUT2D eigenvalue weighted by molar-refractivity contribution is 7.55. The predicted molar refractivity (Wildman–Crippen MR) is 127 cm³/mol. The summed E-state index contributed by atoms with van der Waals surface area (Å²) in [5.74, 6) is -1.41. The smallest absolute Gasteiger partial charge is 0.344 e. The van der Waals surface area contributed by atoms with Crippen LogP contribution < -0.4 is 0 Å². The number of hydrogen-bond acceptors (Lipinski definition) is 8. The second kappa shape index (κ2) is 17.1. The summed E-state index contributed by atoms with van der Waals surface area (Å²) < 4.78 is 33.7. The molecule has 2 atom stereocenters. The van der Waals surface area contributed by atoms with Crippen LogP contribution in [0, 0.1) is 17.3 Å². The molecule has 0 saturated heterocycles. The molecule has 0 heterocycles. The summed E-state index contributed by atoms with van der Waals surface area (Å²) in [7, 11) is -3.70. The molecule has 0 spiro atoms. The SMILES string of the molecule is CC(C)CC(C)C(=O)O.CCOC(=O)CC(C)(C)CC(C(=O)OCC)P(=O)(OCC)OCC. The monoisotopic (exact) mass is 496 g/mol. The highest BCUT2D eigenvalue weighted by Crippen LogP contribution is 2.56. The van der Waals surface area contributed by atoms with Gasteiger partial charge in [-0.1, -0.05) is 34.6 Å². The molecule has 0 saturated carbocycles. The van der Waals surface area contributed by atoms with Crippen molar-refractivity contribution in [3.8, 4) is 0 Å². The quantitative estimate of drug-likeness (QED) is 0.237. The standard InChI is InChI=1S/C16H31O7P.C7H14O2/c1-7-20-14(17)12-16(5,6)11-13(15(18)21-8-2)24(19,22-9-3)23-10-4;1-5(2)4-6(3)7(8)9/h13H,7-12H2,1-6H3;5-6H,4H2,1-3H3,(H,8,9). The topological polar surface area (TPSA) is 125 Å². The van der Waals surface area contributed by atoms with Gasteiger partial charge in [0, 0.05) is 0 Å². The first-order chi connectivity index (χ1) is 15.2. The molecule has 1 N–H and O–H groups in total. The normalized spacial score (nSPS) is 13.5. The van der Waals surface area contributed by atoms with Crippen LogP contribution in [0.5, 0.6) is 0 Å². The molecular formula is C23H45O9P. The minimum Gasteiger partial charge on any atom is -0.481 e. The van der Waals surface area contributed by atoms with Gasteiger partial charge < -0.3 is 23.6 Å². The lowest BCUT2D eigenvalue weighted by Crippen LogP contribution is -2.32.